The van der Waals surface area contributed by atoms with E-state index in [1.54, 1.807) is 22.9 Å². The van der Waals surface area contributed by atoms with Gasteiger partial charge in [-0.05, 0) is 23.8 Å². The fourth-order valence-corrected chi connectivity index (χ4v) is 3.46. The van der Waals surface area contributed by atoms with Crippen LogP contribution in [0.4, 0.5) is 11.6 Å². The number of aromatic nitrogens is 3. The van der Waals surface area contributed by atoms with Crippen molar-refractivity contribution in [2.75, 3.05) is 5.32 Å². The highest BCUT2D eigenvalue weighted by Gasteiger charge is 2.30. The van der Waals surface area contributed by atoms with Crippen molar-refractivity contribution in [1.29, 1.82) is 0 Å². The Labute approximate surface area is 167 Å². The Kier molecular flexibility index (Phi) is 4.78. The Hall–Kier alpha value is -3.27. The van der Waals surface area contributed by atoms with Gasteiger partial charge in [-0.3, -0.25) is 20.2 Å². The largest absolute Gasteiger partial charge is 0.489 e. The summed E-state index contributed by atoms with van der Waals surface area (Å²) < 4.78 is 8.43. The van der Waals surface area contributed by atoms with Crippen LogP contribution in [0.2, 0.25) is 0 Å². The lowest BCUT2D eigenvalue weighted by Crippen LogP contribution is -2.29. The number of anilines is 1. The zero-order chi connectivity index (χ0) is 19.7. The van der Waals surface area contributed by atoms with Gasteiger partial charge in [-0.25, -0.2) is 4.68 Å². The summed E-state index contributed by atoms with van der Waals surface area (Å²) in [6.45, 7) is 0.152. The number of hydrogen-bond acceptors (Lipinski definition) is 6. The minimum Gasteiger partial charge on any atom is -0.489 e. The second-order valence-corrected chi connectivity index (χ2v) is 7.11. The molecule has 0 radical (unpaired) electrons. The van der Waals surface area contributed by atoms with Crippen LogP contribution in [0, 0.1) is 10.1 Å². The first-order valence-electron chi connectivity index (χ1n) is 8.36. The van der Waals surface area contributed by atoms with Crippen molar-refractivity contribution in [3.8, 4) is 5.75 Å². The van der Waals surface area contributed by atoms with Crippen molar-refractivity contribution in [2.45, 2.75) is 19.1 Å². The maximum Gasteiger partial charge on any atom is 0.269 e. The SMILES string of the molecule is O=C1CC(c2cc(Br)ccc2OCc2cccc([N+](=O)[O-])c2)n2ncnc2N1. The second kappa shape index (κ2) is 7.39. The Morgan fingerprint density at radius 1 is 1.32 bits per heavy atom. The first-order valence-corrected chi connectivity index (χ1v) is 9.15. The third-order valence-corrected chi connectivity index (χ3v) is 4.84. The molecule has 2 aromatic carbocycles. The van der Waals surface area contributed by atoms with Crippen molar-refractivity contribution in [3.05, 3.63) is 74.5 Å². The third-order valence-electron chi connectivity index (χ3n) is 4.34. The molecule has 1 atom stereocenters. The van der Waals surface area contributed by atoms with Gasteiger partial charge in [0.05, 0.1) is 17.4 Å². The fraction of sp³-hybridized carbons (Fsp3) is 0.167. The molecule has 0 aliphatic carbocycles. The number of ether oxygens (including phenoxy) is 1. The maximum absolute atomic E-state index is 12.1. The molecule has 1 unspecified atom stereocenters. The molecular formula is C18H14BrN5O4. The molecule has 142 valence electrons. The molecule has 4 rings (SSSR count). The molecule has 0 spiro atoms. The minimum absolute atomic E-state index is 0.00772. The topological polar surface area (TPSA) is 112 Å². The number of amides is 1. The Balaban J connectivity index is 1.64. The number of benzene rings is 2. The van der Waals surface area contributed by atoms with E-state index in [0.717, 1.165) is 10.0 Å². The van der Waals surface area contributed by atoms with Gasteiger partial charge < -0.3 is 4.74 Å². The molecule has 28 heavy (non-hydrogen) atoms. The summed E-state index contributed by atoms with van der Waals surface area (Å²) in [5.74, 6) is 0.789. The number of carbonyl (C=O) groups excluding carboxylic acids is 1. The summed E-state index contributed by atoms with van der Waals surface area (Å²) in [5, 5.41) is 17.9. The third kappa shape index (κ3) is 3.58. The van der Waals surface area contributed by atoms with Crippen LogP contribution in [0.25, 0.3) is 0 Å². The number of nitro benzene ring substituents is 1. The van der Waals surface area contributed by atoms with Crippen LogP contribution in [0.1, 0.15) is 23.6 Å². The first-order chi connectivity index (χ1) is 13.5. The van der Waals surface area contributed by atoms with Crippen LogP contribution in [0.5, 0.6) is 5.75 Å². The molecule has 1 amide bonds. The van der Waals surface area contributed by atoms with Gasteiger partial charge in [0.25, 0.3) is 5.69 Å². The molecule has 0 fully saturated rings. The predicted octanol–water partition coefficient (Wildman–Crippen LogP) is 3.46. The van der Waals surface area contributed by atoms with Gasteiger partial charge in [-0.1, -0.05) is 28.1 Å². The number of nitro groups is 1. The van der Waals surface area contributed by atoms with Gasteiger partial charge >= 0.3 is 0 Å². The lowest BCUT2D eigenvalue weighted by atomic mass is 10.0. The summed E-state index contributed by atoms with van der Waals surface area (Å²) in [6, 6.07) is 11.4. The molecule has 10 heteroatoms. The first kappa shape index (κ1) is 18.1. The number of nitrogens with zero attached hydrogens (tertiary/aromatic N) is 4. The fourth-order valence-electron chi connectivity index (χ4n) is 3.08. The van der Waals surface area contributed by atoms with E-state index in [4.69, 9.17) is 4.74 Å². The molecule has 3 aromatic rings. The summed E-state index contributed by atoms with van der Waals surface area (Å²) in [5.41, 5.74) is 1.45. The standard InChI is InChI=1S/C18H14BrN5O4/c19-12-4-5-16(28-9-11-2-1-3-13(6-11)24(26)27)14(7-12)15-8-17(25)22-18-20-10-21-23(15)18/h1-7,10,15H,8-9H2,(H,20,21,22,25). The highest BCUT2D eigenvalue weighted by Crippen LogP contribution is 2.36. The van der Waals surface area contributed by atoms with Crippen molar-refractivity contribution in [2.24, 2.45) is 0 Å². The van der Waals surface area contributed by atoms with E-state index in [1.165, 1.54) is 18.5 Å². The van der Waals surface area contributed by atoms with E-state index in [0.29, 0.717) is 17.3 Å². The molecule has 0 bridgehead atoms. The van der Waals surface area contributed by atoms with E-state index in [1.807, 2.05) is 12.1 Å². The van der Waals surface area contributed by atoms with E-state index < -0.39 is 4.92 Å². The highest BCUT2D eigenvalue weighted by atomic mass is 79.9. The number of nitrogens with one attached hydrogen (secondary N) is 1. The maximum atomic E-state index is 12.1. The van der Waals surface area contributed by atoms with Crippen molar-refractivity contribution < 1.29 is 14.5 Å². The molecule has 0 saturated carbocycles. The Morgan fingerprint density at radius 2 is 2.18 bits per heavy atom. The zero-order valence-electron chi connectivity index (χ0n) is 14.4. The van der Waals surface area contributed by atoms with Crippen LogP contribution in [-0.2, 0) is 11.4 Å². The van der Waals surface area contributed by atoms with Crippen LogP contribution >= 0.6 is 15.9 Å². The predicted molar refractivity (Wildman–Crippen MR) is 103 cm³/mol. The van der Waals surface area contributed by atoms with Gasteiger partial charge in [0.15, 0.2) is 0 Å². The molecule has 0 saturated heterocycles. The normalized spacial score (nSPS) is 15.6. The summed E-state index contributed by atoms with van der Waals surface area (Å²) in [7, 11) is 0. The molecule has 1 N–H and O–H groups in total. The lowest BCUT2D eigenvalue weighted by Gasteiger charge is -2.25. The number of rotatable bonds is 5. The van der Waals surface area contributed by atoms with Crippen LogP contribution < -0.4 is 10.1 Å². The van der Waals surface area contributed by atoms with Crippen molar-refractivity contribution in [3.63, 3.8) is 0 Å². The molecule has 9 nitrogen and oxygen atoms in total. The molecule has 2 heterocycles. The van der Waals surface area contributed by atoms with Gasteiger partial charge in [-0.15, -0.1) is 0 Å². The average molecular weight is 444 g/mol. The number of non-ortho nitro benzene ring substituents is 1. The van der Waals surface area contributed by atoms with Crippen molar-refractivity contribution in [1.82, 2.24) is 14.8 Å². The second-order valence-electron chi connectivity index (χ2n) is 6.19. The van der Waals surface area contributed by atoms with E-state index >= 15 is 0 Å². The van der Waals surface area contributed by atoms with E-state index in [-0.39, 0.29) is 30.7 Å². The van der Waals surface area contributed by atoms with Crippen LogP contribution in [0.15, 0.2) is 53.3 Å². The smallest absolute Gasteiger partial charge is 0.269 e. The van der Waals surface area contributed by atoms with Gasteiger partial charge in [-0.2, -0.15) is 10.1 Å². The zero-order valence-corrected chi connectivity index (χ0v) is 16.0. The number of fused-ring (bicyclic) bond motifs is 1. The summed E-state index contributed by atoms with van der Waals surface area (Å²) >= 11 is 3.45. The number of halogens is 1. The quantitative estimate of drug-likeness (QED) is 0.477. The monoisotopic (exact) mass is 443 g/mol. The highest BCUT2D eigenvalue weighted by molar-refractivity contribution is 9.10. The Morgan fingerprint density at radius 3 is 3.00 bits per heavy atom. The van der Waals surface area contributed by atoms with E-state index in [9.17, 15) is 14.9 Å². The average Bonchev–Trinajstić information content (AvgIpc) is 3.15. The number of hydrogen-bond donors (Lipinski definition) is 1. The van der Waals surface area contributed by atoms with Gasteiger partial charge in [0.2, 0.25) is 11.9 Å². The number of carbonyl (C=O) groups is 1. The van der Waals surface area contributed by atoms with Gasteiger partial charge in [0, 0.05) is 22.2 Å². The Bertz CT molecular complexity index is 1070. The lowest BCUT2D eigenvalue weighted by molar-refractivity contribution is -0.384. The van der Waals surface area contributed by atoms with E-state index in [2.05, 4.69) is 31.3 Å². The van der Waals surface area contributed by atoms with Crippen LogP contribution in [-0.4, -0.2) is 25.6 Å². The molecule has 1 aliphatic heterocycles. The summed E-state index contributed by atoms with van der Waals surface area (Å²) in [4.78, 5) is 26.6. The molecular weight excluding hydrogens is 430 g/mol. The van der Waals surface area contributed by atoms with Crippen LogP contribution in [0.3, 0.4) is 0 Å². The summed E-state index contributed by atoms with van der Waals surface area (Å²) in [6.07, 6.45) is 1.58. The molecule has 1 aliphatic rings. The molecule has 1 aromatic heterocycles. The van der Waals surface area contributed by atoms with Crippen molar-refractivity contribution >= 4 is 33.5 Å². The van der Waals surface area contributed by atoms with Gasteiger partial charge in [0.1, 0.15) is 18.7 Å². The minimum atomic E-state index is -0.443.